The number of carbonyl (C=O) groups excluding carboxylic acids is 1. The van der Waals surface area contributed by atoms with Crippen molar-refractivity contribution in [2.24, 2.45) is 5.73 Å². The van der Waals surface area contributed by atoms with E-state index in [1.165, 1.54) is 18.2 Å². The minimum atomic E-state index is -0.213. The van der Waals surface area contributed by atoms with Crippen molar-refractivity contribution in [1.82, 2.24) is 9.80 Å². The lowest BCUT2D eigenvalue weighted by molar-refractivity contribution is 0.0515. The lowest BCUT2D eigenvalue weighted by Crippen LogP contribution is -2.56. The number of amides is 1. The molecule has 19 heavy (non-hydrogen) atoms. The van der Waals surface area contributed by atoms with Gasteiger partial charge in [-0.3, -0.25) is 4.79 Å². The molecule has 1 amide bonds. The first kappa shape index (κ1) is 13.6. The Morgan fingerprint density at radius 3 is 2.53 bits per heavy atom. The highest BCUT2D eigenvalue weighted by Crippen LogP contribution is 2.22. The highest BCUT2D eigenvalue weighted by Gasteiger charge is 2.29. The van der Waals surface area contributed by atoms with E-state index in [1.54, 1.807) is 4.90 Å². The minimum absolute atomic E-state index is 0.0456. The first-order valence-electron chi connectivity index (χ1n) is 6.24. The molecule has 6 heteroatoms. The summed E-state index contributed by atoms with van der Waals surface area (Å²) in [5.74, 6) is -0.460. The number of aromatic hydroxyl groups is 2. The SMILES string of the molecule is CN1CCN(C(=O)c2cc(O)cc(O)c2)C(CN)C1. The molecule has 104 valence electrons. The fraction of sp³-hybridized carbons (Fsp3) is 0.462. The van der Waals surface area contributed by atoms with Gasteiger partial charge in [0.15, 0.2) is 0 Å². The van der Waals surface area contributed by atoms with E-state index in [0.717, 1.165) is 13.1 Å². The van der Waals surface area contributed by atoms with Gasteiger partial charge in [0.1, 0.15) is 11.5 Å². The van der Waals surface area contributed by atoms with E-state index in [-0.39, 0.29) is 29.0 Å². The quantitative estimate of drug-likeness (QED) is 0.690. The van der Waals surface area contributed by atoms with Gasteiger partial charge in [-0.05, 0) is 19.2 Å². The van der Waals surface area contributed by atoms with Crippen molar-refractivity contribution >= 4 is 5.91 Å². The summed E-state index contributed by atoms with van der Waals surface area (Å²) in [5.41, 5.74) is 5.99. The van der Waals surface area contributed by atoms with Gasteiger partial charge in [-0.25, -0.2) is 0 Å². The average Bonchev–Trinajstić information content (AvgIpc) is 2.36. The zero-order chi connectivity index (χ0) is 14.0. The van der Waals surface area contributed by atoms with E-state index in [4.69, 9.17) is 5.73 Å². The van der Waals surface area contributed by atoms with Gasteiger partial charge in [-0.1, -0.05) is 0 Å². The molecule has 6 nitrogen and oxygen atoms in total. The third-order valence-electron chi connectivity index (χ3n) is 3.37. The van der Waals surface area contributed by atoms with Crippen molar-refractivity contribution in [3.05, 3.63) is 23.8 Å². The Hall–Kier alpha value is -1.79. The molecule has 1 fully saturated rings. The van der Waals surface area contributed by atoms with E-state index >= 15 is 0 Å². The molecule has 1 aromatic rings. The smallest absolute Gasteiger partial charge is 0.254 e. The molecule has 1 saturated heterocycles. The summed E-state index contributed by atoms with van der Waals surface area (Å²) in [6.45, 7) is 2.49. The maximum atomic E-state index is 12.4. The van der Waals surface area contributed by atoms with Gasteiger partial charge in [0.25, 0.3) is 5.91 Å². The van der Waals surface area contributed by atoms with Crippen molar-refractivity contribution < 1.29 is 15.0 Å². The van der Waals surface area contributed by atoms with E-state index in [2.05, 4.69) is 4.90 Å². The summed E-state index contributed by atoms with van der Waals surface area (Å²) in [6.07, 6.45) is 0. The average molecular weight is 265 g/mol. The summed E-state index contributed by atoms with van der Waals surface area (Å²) in [6, 6.07) is 3.86. The molecule has 2 rings (SSSR count). The van der Waals surface area contributed by atoms with Crippen LogP contribution in [0.1, 0.15) is 10.4 Å². The second-order valence-electron chi connectivity index (χ2n) is 4.89. The number of carbonyl (C=O) groups is 1. The Balaban J connectivity index is 2.22. The summed E-state index contributed by atoms with van der Waals surface area (Å²) in [7, 11) is 1.99. The molecule has 0 bridgehead atoms. The number of benzene rings is 1. The van der Waals surface area contributed by atoms with Crippen molar-refractivity contribution in [3.63, 3.8) is 0 Å². The van der Waals surface area contributed by atoms with Gasteiger partial charge in [-0.15, -0.1) is 0 Å². The molecule has 0 spiro atoms. The number of hydrogen-bond acceptors (Lipinski definition) is 5. The highest BCUT2D eigenvalue weighted by atomic mass is 16.3. The number of hydrogen-bond donors (Lipinski definition) is 3. The zero-order valence-electron chi connectivity index (χ0n) is 10.9. The number of rotatable bonds is 2. The van der Waals surface area contributed by atoms with Crippen molar-refractivity contribution in [3.8, 4) is 11.5 Å². The van der Waals surface area contributed by atoms with Crippen molar-refractivity contribution in [2.45, 2.75) is 6.04 Å². The number of nitrogens with zero attached hydrogens (tertiary/aromatic N) is 2. The summed E-state index contributed by atoms with van der Waals surface area (Å²) in [5, 5.41) is 18.9. The van der Waals surface area contributed by atoms with E-state index in [1.807, 2.05) is 7.05 Å². The fourth-order valence-corrected chi connectivity index (χ4v) is 2.36. The first-order valence-corrected chi connectivity index (χ1v) is 6.24. The fourth-order valence-electron chi connectivity index (χ4n) is 2.36. The number of likely N-dealkylation sites (N-methyl/N-ethyl adjacent to an activating group) is 1. The summed E-state index contributed by atoms with van der Waals surface area (Å²) >= 11 is 0. The molecule has 1 aliphatic rings. The first-order chi connectivity index (χ1) is 9.01. The standard InChI is InChI=1S/C13H19N3O3/c1-15-2-3-16(10(7-14)8-15)13(19)9-4-11(17)6-12(18)5-9/h4-6,10,17-18H,2-3,7-8,14H2,1H3. The van der Waals surface area contributed by atoms with Crippen LogP contribution < -0.4 is 5.73 Å². The summed E-state index contributed by atoms with van der Waals surface area (Å²) in [4.78, 5) is 16.2. The van der Waals surface area contributed by atoms with Gasteiger partial charge >= 0.3 is 0 Å². The van der Waals surface area contributed by atoms with Crippen LogP contribution in [0.4, 0.5) is 0 Å². The molecule has 0 saturated carbocycles. The van der Waals surface area contributed by atoms with E-state index in [9.17, 15) is 15.0 Å². The Labute approximate surface area is 112 Å². The molecule has 4 N–H and O–H groups in total. The molecule has 1 heterocycles. The lowest BCUT2D eigenvalue weighted by Gasteiger charge is -2.39. The Morgan fingerprint density at radius 2 is 1.95 bits per heavy atom. The predicted octanol–water partition coefficient (Wildman–Crippen LogP) is -0.187. The van der Waals surface area contributed by atoms with Crippen LogP contribution in [-0.4, -0.2) is 65.2 Å². The van der Waals surface area contributed by atoms with Crippen LogP contribution in [0.2, 0.25) is 0 Å². The maximum absolute atomic E-state index is 12.4. The molecule has 0 radical (unpaired) electrons. The molecule has 0 aliphatic carbocycles. The van der Waals surface area contributed by atoms with Crippen LogP contribution in [0.25, 0.3) is 0 Å². The molecule has 1 atom stereocenters. The summed E-state index contributed by atoms with van der Waals surface area (Å²) < 4.78 is 0. The minimum Gasteiger partial charge on any atom is -0.508 e. The van der Waals surface area contributed by atoms with Crippen molar-refractivity contribution in [1.29, 1.82) is 0 Å². The monoisotopic (exact) mass is 265 g/mol. The number of nitrogens with two attached hydrogens (primary N) is 1. The van der Waals surface area contributed by atoms with Crippen LogP contribution in [0.3, 0.4) is 0 Å². The molecule has 0 aromatic heterocycles. The third kappa shape index (κ3) is 2.97. The van der Waals surface area contributed by atoms with Gasteiger partial charge in [0, 0.05) is 37.8 Å². The van der Waals surface area contributed by atoms with Crippen LogP contribution in [0.15, 0.2) is 18.2 Å². The molecule has 1 aliphatic heterocycles. The number of piperazine rings is 1. The van der Waals surface area contributed by atoms with Crippen LogP contribution in [0.5, 0.6) is 11.5 Å². The molecule has 1 unspecified atom stereocenters. The number of phenols is 2. The topological polar surface area (TPSA) is 90.0 Å². The van der Waals surface area contributed by atoms with Gasteiger partial charge in [-0.2, -0.15) is 0 Å². The van der Waals surface area contributed by atoms with Gasteiger partial charge in [0.05, 0.1) is 6.04 Å². The predicted molar refractivity (Wildman–Crippen MR) is 71.1 cm³/mol. The second-order valence-corrected chi connectivity index (χ2v) is 4.89. The third-order valence-corrected chi connectivity index (χ3v) is 3.37. The molecular formula is C13H19N3O3. The van der Waals surface area contributed by atoms with E-state index in [0.29, 0.717) is 13.1 Å². The second kappa shape index (κ2) is 5.46. The zero-order valence-corrected chi connectivity index (χ0v) is 10.9. The van der Waals surface area contributed by atoms with Crippen LogP contribution in [0, 0.1) is 0 Å². The highest BCUT2D eigenvalue weighted by molar-refractivity contribution is 5.95. The Bertz CT molecular complexity index is 458. The van der Waals surface area contributed by atoms with Crippen LogP contribution in [-0.2, 0) is 0 Å². The van der Waals surface area contributed by atoms with Gasteiger partial charge in [0.2, 0.25) is 0 Å². The number of phenolic OH excluding ortho intramolecular Hbond substituents is 2. The van der Waals surface area contributed by atoms with Crippen molar-refractivity contribution in [2.75, 3.05) is 33.2 Å². The van der Waals surface area contributed by atoms with E-state index < -0.39 is 0 Å². The van der Waals surface area contributed by atoms with Gasteiger partial charge < -0.3 is 25.7 Å². The Morgan fingerprint density at radius 1 is 1.32 bits per heavy atom. The van der Waals surface area contributed by atoms with Crippen LogP contribution >= 0.6 is 0 Å². The molecular weight excluding hydrogens is 246 g/mol. The Kier molecular flexibility index (Phi) is 3.92. The normalized spacial score (nSPS) is 20.5. The lowest BCUT2D eigenvalue weighted by atomic mass is 10.1. The maximum Gasteiger partial charge on any atom is 0.254 e. The largest absolute Gasteiger partial charge is 0.508 e. The molecule has 1 aromatic carbocycles.